The van der Waals surface area contributed by atoms with Crippen molar-refractivity contribution < 1.29 is 26.5 Å². The fourth-order valence-corrected chi connectivity index (χ4v) is 4.44. The number of rotatable bonds is 5. The van der Waals surface area contributed by atoms with E-state index in [1.807, 2.05) is 18.2 Å². The van der Waals surface area contributed by atoms with Crippen LogP contribution in [0.5, 0.6) is 5.75 Å². The number of azo groups is 1. The van der Waals surface area contributed by atoms with E-state index in [-0.39, 0.29) is 16.5 Å². The van der Waals surface area contributed by atoms with Gasteiger partial charge in [0.25, 0.3) is 10.1 Å². The van der Waals surface area contributed by atoms with Gasteiger partial charge < -0.3 is 5.11 Å². The van der Waals surface area contributed by atoms with Gasteiger partial charge in [-0.25, -0.2) is 0 Å². The summed E-state index contributed by atoms with van der Waals surface area (Å²) in [4.78, 5) is 9.45. The number of aromatic hydroxyl groups is 1. The maximum absolute atomic E-state index is 12.1. The molecule has 0 amide bonds. The molecule has 0 aliphatic heterocycles. The maximum atomic E-state index is 12.1. The third-order valence-corrected chi connectivity index (χ3v) is 6.63. The van der Waals surface area contributed by atoms with Crippen molar-refractivity contribution in [2.45, 2.75) is 9.79 Å². The molecule has 0 saturated carbocycles. The van der Waals surface area contributed by atoms with Crippen LogP contribution in [0, 0.1) is 4.91 Å². The molecule has 2 N–H and O–H groups in total. The van der Waals surface area contributed by atoms with E-state index < -0.39 is 35.7 Å². The zero-order chi connectivity index (χ0) is 23.1. The van der Waals surface area contributed by atoms with Crippen molar-refractivity contribution in [3.63, 3.8) is 0 Å². The average Bonchev–Trinajstić information content (AvgIpc) is 2.77. The Labute approximate surface area is 181 Å². The number of nitrogens with zero attached hydrogens (tertiary/aromatic N) is 3. The smallest absolute Gasteiger partial charge is 0.320 e. The molecule has 0 aromatic heterocycles. The summed E-state index contributed by atoms with van der Waals surface area (Å²) in [6.45, 7) is 0. The highest BCUT2D eigenvalue weighted by Gasteiger charge is 2.25. The lowest BCUT2D eigenvalue weighted by molar-refractivity contribution is 0.461. The van der Waals surface area contributed by atoms with Crippen LogP contribution < -0.4 is 0 Å². The molecule has 0 fully saturated rings. The van der Waals surface area contributed by atoms with E-state index >= 15 is 0 Å². The Balaban J connectivity index is 2.01. The van der Waals surface area contributed by atoms with E-state index in [0.717, 1.165) is 29.0 Å². The summed E-state index contributed by atoms with van der Waals surface area (Å²) in [6, 6.07) is 16.7. The van der Waals surface area contributed by atoms with Crippen molar-refractivity contribution in [3.05, 3.63) is 71.6 Å². The van der Waals surface area contributed by atoms with E-state index in [0.29, 0.717) is 5.69 Å². The molecular weight excluding hydrogens is 458 g/mol. The van der Waals surface area contributed by atoms with Crippen LogP contribution in [0.15, 0.2) is 91.3 Å². The zero-order valence-electron chi connectivity index (χ0n) is 15.9. The van der Waals surface area contributed by atoms with Crippen molar-refractivity contribution in [2.24, 2.45) is 14.8 Å². The Bertz CT molecular complexity index is 1640. The van der Waals surface area contributed by atoms with E-state index in [1.165, 1.54) is 6.07 Å². The van der Waals surface area contributed by atoms with Gasteiger partial charge in [-0.15, -0.1) is 15.1 Å². The van der Waals surface area contributed by atoms with Crippen LogP contribution in [0.2, 0.25) is 0 Å². The second-order valence-electron chi connectivity index (χ2n) is 6.68. The zero-order valence-corrected chi connectivity index (χ0v) is 17.6. The number of sulfonamides is 1. The standard InChI is InChI=1S/C20H13N3O7S2/c24-20-18(31(26,27)23-25)11-13-10-14(32(28,29)30)8-9-16(13)19(20)22-21-17-7-3-5-12-4-1-2-6-15(12)17/h1-11,24H,(H,28,29,30). The van der Waals surface area contributed by atoms with Gasteiger partial charge in [0.15, 0.2) is 5.75 Å². The molecule has 10 nitrogen and oxygen atoms in total. The monoisotopic (exact) mass is 471 g/mol. The largest absolute Gasteiger partial charge is 0.504 e. The molecular formula is C20H13N3O7S2. The molecule has 4 aromatic rings. The molecule has 162 valence electrons. The molecule has 12 heteroatoms. The van der Waals surface area contributed by atoms with E-state index in [1.54, 1.807) is 24.3 Å². The molecule has 0 unspecified atom stereocenters. The highest BCUT2D eigenvalue weighted by Crippen LogP contribution is 2.42. The summed E-state index contributed by atoms with van der Waals surface area (Å²) in [7, 11) is -9.40. The summed E-state index contributed by atoms with van der Waals surface area (Å²) < 4.78 is 58.4. The number of hydrogen-bond acceptors (Lipinski definition) is 8. The van der Waals surface area contributed by atoms with E-state index in [2.05, 4.69) is 14.8 Å². The molecule has 32 heavy (non-hydrogen) atoms. The number of benzene rings is 4. The molecule has 0 aliphatic carbocycles. The molecule has 0 saturated heterocycles. The first-order chi connectivity index (χ1) is 15.1. The quantitative estimate of drug-likeness (QED) is 0.239. The molecule has 0 aliphatic rings. The number of hydrogen-bond donors (Lipinski definition) is 2. The highest BCUT2D eigenvalue weighted by molar-refractivity contribution is 7.90. The SMILES string of the molecule is O=NS(=O)(=O)c1cc2cc(S(=O)(=O)O)ccc2c(N=Nc2cccc3ccccc23)c1O. The Kier molecular flexibility index (Phi) is 5.20. The first kappa shape index (κ1) is 21.5. The number of phenolic OH excluding ortho intramolecular Hbond substituents is 1. The predicted molar refractivity (Wildman–Crippen MR) is 117 cm³/mol. The van der Waals surface area contributed by atoms with Crippen LogP contribution in [-0.2, 0) is 20.1 Å². The second-order valence-corrected chi connectivity index (χ2v) is 9.64. The van der Waals surface area contributed by atoms with Gasteiger partial charge in [-0.3, -0.25) is 4.55 Å². The molecule has 4 rings (SSSR count). The van der Waals surface area contributed by atoms with Crippen molar-refractivity contribution in [1.29, 1.82) is 0 Å². The van der Waals surface area contributed by atoms with Gasteiger partial charge in [0, 0.05) is 10.8 Å². The molecule has 0 radical (unpaired) electrons. The Hall–Kier alpha value is -3.74. The van der Waals surface area contributed by atoms with E-state index in [9.17, 15) is 31.4 Å². The lowest BCUT2D eigenvalue weighted by Gasteiger charge is -2.09. The predicted octanol–water partition coefficient (Wildman–Crippen LogP) is 4.82. The van der Waals surface area contributed by atoms with Gasteiger partial charge in [-0.05, 0) is 35.0 Å². The summed E-state index contributed by atoms with van der Waals surface area (Å²) >= 11 is 0. The summed E-state index contributed by atoms with van der Waals surface area (Å²) in [5.74, 6) is -0.874. The molecule has 0 heterocycles. The van der Waals surface area contributed by atoms with Gasteiger partial charge in [0.05, 0.1) is 15.2 Å². The van der Waals surface area contributed by atoms with Crippen LogP contribution in [0.25, 0.3) is 21.5 Å². The minimum Gasteiger partial charge on any atom is -0.504 e. The molecule has 4 aromatic carbocycles. The van der Waals surface area contributed by atoms with Crippen molar-refractivity contribution in [1.82, 2.24) is 0 Å². The van der Waals surface area contributed by atoms with Crippen molar-refractivity contribution >= 4 is 53.1 Å². The number of nitroso groups, excluding NO2 is 1. The third-order valence-electron chi connectivity index (χ3n) is 4.72. The fraction of sp³-hybridized carbons (Fsp3) is 0. The summed E-state index contributed by atoms with van der Waals surface area (Å²) in [6.07, 6.45) is 0. The first-order valence-electron chi connectivity index (χ1n) is 8.88. The average molecular weight is 471 g/mol. The fourth-order valence-electron chi connectivity index (χ4n) is 3.23. The van der Waals surface area contributed by atoms with Crippen LogP contribution in [0.4, 0.5) is 11.4 Å². The Morgan fingerprint density at radius 1 is 0.750 bits per heavy atom. The van der Waals surface area contributed by atoms with Crippen LogP contribution in [0.3, 0.4) is 0 Å². The summed E-state index contributed by atoms with van der Waals surface area (Å²) in [5.41, 5.74) is 0.103. The second kappa shape index (κ2) is 7.75. The minimum absolute atomic E-state index is 0.0352. The first-order valence-corrected chi connectivity index (χ1v) is 11.8. The van der Waals surface area contributed by atoms with Gasteiger partial charge >= 0.3 is 10.0 Å². The minimum atomic E-state index is -4.80. The number of phenols is 1. The van der Waals surface area contributed by atoms with Gasteiger partial charge in [0.1, 0.15) is 10.6 Å². The molecule has 0 spiro atoms. The highest BCUT2D eigenvalue weighted by atomic mass is 32.2. The van der Waals surface area contributed by atoms with E-state index in [4.69, 9.17) is 0 Å². The lowest BCUT2D eigenvalue weighted by atomic mass is 10.1. The molecule has 0 atom stereocenters. The third kappa shape index (κ3) is 3.82. The summed E-state index contributed by atoms with van der Waals surface area (Å²) in [5, 5.41) is 20.4. The van der Waals surface area contributed by atoms with Gasteiger partial charge in [-0.2, -0.15) is 16.8 Å². The molecule has 0 bridgehead atoms. The Morgan fingerprint density at radius 3 is 2.19 bits per heavy atom. The topological polar surface area (TPSA) is 163 Å². The maximum Gasteiger partial charge on any atom is 0.320 e. The van der Waals surface area contributed by atoms with Crippen LogP contribution in [-0.4, -0.2) is 26.5 Å². The van der Waals surface area contributed by atoms with Crippen LogP contribution in [0.1, 0.15) is 0 Å². The normalized spacial score (nSPS) is 12.5. The number of fused-ring (bicyclic) bond motifs is 2. The lowest BCUT2D eigenvalue weighted by Crippen LogP contribution is -1.99. The van der Waals surface area contributed by atoms with Gasteiger partial charge in [-0.1, -0.05) is 42.5 Å². The van der Waals surface area contributed by atoms with Crippen molar-refractivity contribution in [2.75, 3.05) is 0 Å². The van der Waals surface area contributed by atoms with Gasteiger partial charge in [0.2, 0.25) is 0 Å². The Morgan fingerprint density at radius 2 is 1.47 bits per heavy atom. The van der Waals surface area contributed by atoms with Crippen molar-refractivity contribution in [3.8, 4) is 5.75 Å². The van der Waals surface area contributed by atoms with Crippen LogP contribution >= 0.6 is 0 Å².